The highest BCUT2D eigenvalue weighted by molar-refractivity contribution is 5.79. The molecule has 1 aromatic carbocycles. The number of tetrazole rings is 1. The van der Waals surface area contributed by atoms with Gasteiger partial charge in [-0.3, -0.25) is 9.69 Å². The van der Waals surface area contributed by atoms with E-state index in [9.17, 15) is 9.18 Å². The molecule has 180 valence electrons. The van der Waals surface area contributed by atoms with E-state index in [1.807, 2.05) is 11.0 Å². The maximum atomic E-state index is 14.4. The minimum atomic E-state index is -0.615. The van der Waals surface area contributed by atoms with Crippen LogP contribution in [-0.2, 0) is 16.0 Å². The number of carbonyl (C=O) groups excluding carboxylic acids is 1. The smallest absolute Gasteiger partial charge is 0.262 e. The highest BCUT2D eigenvalue weighted by Gasteiger charge is 2.36. The molecule has 0 radical (unpaired) electrons. The number of nitrogens with zero attached hydrogens (tertiary/aromatic N) is 8. The summed E-state index contributed by atoms with van der Waals surface area (Å²) >= 11 is 0. The largest absolute Gasteiger partial charge is 0.508 e. The number of halogens is 1. The Morgan fingerprint density at radius 1 is 1.31 bits per heavy atom. The normalized spacial score (nSPS) is 20.2. The van der Waals surface area contributed by atoms with Gasteiger partial charge in [-0.25, -0.2) is 14.2 Å². The van der Waals surface area contributed by atoms with E-state index in [4.69, 9.17) is 16.0 Å². The molecule has 12 heteroatoms. The lowest BCUT2D eigenvalue weighted by Crippen LogP contribution is -2.59. The molecule has 3 aromatic rings. The van der Waals surface area contributed by atoms with Crippen molar-refractivity contribution in [2.24, 2.45) is 0 Å². The number of morpholine rings is 1. The average molecular weight is 478 g/mol. The summed E-state index contributed by atoms with van der Waals surface area (Å²) in [6, 6.07) is 6.70. The van der Waals surface area contributed by atoms with E-state index < -0.39 is 5.82 Å². The number of hydrogen-bond donors (Lipinski definition) is 0. The number of piperazine rings is 1. The topological polar surface area (TPSA) is 103 Å². The Balaban J connectivity index is 1.19. The van der Waals surface area contributed by atoms with Crippen LogP contribution in [0.3, 0.4) is 0 Å². The minimum absolute atomic E-state index is 0.0327. The molecule has 2 aliphatic heterocycles. The zero-order chi connectivity index (χ0) is 24.4. The van der Waals surface area contributed by atoms with E-state index in [1.54, 1.807) is 18.3 Å². The maximum Gasteiger partial charge on any atom is 0.262 e. The second kappa shape index (κ2) is 9.73. The molecule has 0 unspecified atom stereocenters. The fraction of sp³-hybridized carbons (Fsp3) is 0.391. The first-order valence-corrected chi connectivity index (χ1v) is 11.1. The predicted octanol–water partition coefficient (Wildman–Crippen LogP) is 1.58. The molecule has 2 saturated heterocycles. The van der Waals surface area contributed by atoms with Gasteiger partial charge in [0.2, 0.25) is 5.91 Å². The van der Waals surface area contributed by atoms with Crippen LogP contribution >= 0.6 is 0 Å². The molecule has 0 spiro atoms. The van der Waals surface area contributed by atoms with Gasteiger partial charge in [-0.05, 0) is 39.8 Å². The van der Waals surface area contributed by atoms with Gasteiger partial charge in [0, 0.05) is 32.4 Å². The van der Waals surface area contributed by atoms with Crippen molar-refractivity contribution in [3.05, 3.63) is 65.2 Å². The minimum Gasteiger partial charge on any atom is -0.508 e. The fourth-order valence-corrected chi connectivity index (χ4v) is 4.47. The second-order valence-electron chi connectivity index (χ2n) is 8.43. The van der Waals surface area contributed by atoms with Gasteiger partial charge in [-0.15, -0.1) is 5.10 Å². The zero-order valence-corrected chi connectivity index (χ0v) is 19.0. The summed E-state index contributed by atoms with van der Waals surface area (Å²) in [6.45, 7) is 10.0. The number of hydrogen-bond acceptors (Lipinski definition) is 8. The van der Waals surface area contributed by atoms with Gasteiger partial charge in [-0.2, -0.15) is 4.68 Å². The van der Waals surface area contributed by atoms with Crippen molar-refractivity contribution in [3.8, 4) is 11.6 Å². The number of fused-ring (bicyclic) bond motifs is 1. The number of methoxy groups -OCH3 is 1. The second-order valence-corrected chi connectivity index (χ2v) is 8.43. The summed E-state index contributed by atoms with van der Waals surface area (Å²) in [5.74, 6) is 0.202. The number of amides is 1. The van der Waals surface area contributed by atoms with Gasteiger partial charge < -0.3 is 14.4 Å². The van der Waals surface area contributed by atoms with Crippen molar-refractivity contribution in [2.45, 2.75) is 18.6 Å². The molecule has 4 heterocycles. The molecule has 35 heavy (non-hydrogen) atoms. The van der Waals surface area contributed by atoms with Crippen molar-refractivity contribution in [1.82, 2.24) is 35.0 Å². The van der Waals surface area contributed by atoms with Crippen LogP contribution in [0.2, 0.25) is 0 Å². The molecule has 2 atom stereocenters. The van der Waals surface area contributed by atoms with E-state index in [2.05, 4.69) is 30.3 Å². The molecule has 0 aliphatic carbocycles. The van der Waals surface area contributed by atoms with Crippen molar-refractivity contribution in [1.29, 1.82) is 0 Å². The van der Waals surface area contributed by atoms with Gasteiger partial charge in [0.05, 0.1) is 38.9 Å². The summed E-state index contributed by atoms with van der Waals surface area (Å²) in [5, 5.41) is 11.0. The monoisotopic (exact) mass is 478 g/mol. The Morgan fingerprint density at radius 3 is 2.91 bits per heavy atom. The number of carbonyl (C=O) groups is 1. The van der Waals surface area contributed by atoms with Crippen LogP contribution in [0.5, 0.6) is 5.75 Å². The number of aromatic nitrogens is 5. The predicted molar refractivity (Wildman–Crippen MR) is 121 cm³/mol. The first-order valence-electron chi connectivity index (χ1n) is 11.1. The van der Waals surface area contributed by atoms with Gasteiger partial charge in [0.25, 0.3) is 5.69 Å². The number of benzene rings is 1. The Morgan fingerprint density at radius 2 is 2.20 bits per heavy atom. The maximum absolute atomic E-state index is 14.4. The molecule has 5 rings (SSSR count). The molecule has 0 saturated carbocycles. The zero-order valence-electron chi connectivity index (χ0n) is 19.0. The van der Waals surface area contributed by atoms with E-state index in [1.165, 1.54) is 24.2 Å². The van der Waals surface area contributed by atoms with Gasteiger partial charge in [0.1, 0.15) is 17.9 Å². The van der Waals surface area contributed by atoms with Crippen LogP contribution in [0.15, 0.2) is 36.8 Å². The van der Waals surface area contributed by atoms with Crippen LogP contribution in [-0.4, -0.2) is 86.8 Å². The molecule has 2 aliphatic rings. The molecular weight excluding hydrogens is 455 g/mol. The van der Waals surface area contributed by atoms with Crippen molar-refractivity contribution >= 4 is 11.6 Å². The van der Waals surface area contributed by atoms with Crippen molar-refractivity contribution < 1.29 is 18.7 Å². The molecule has 0 bridgehead atoms. The molecular formula is C23H23FN8O3. The average Bonchev–Trinajstić information content (AvgIpc) is 3.43. The van der Waals surface area contributed by atoms with Gasteiger partial charge in [0.15, 0.2) is 5.82 Å². The van der Waals surface area contributed by atoms with E-state index in [0.29, 0.717) is 44.2 Å². The molecule has 1 amide bonds. The third kappa shape index (κ3) is 4.68. The lowest BCUT2D eigenvalue weighted by atomic mass is 10.0. The van der Waals surface area contributed by atoms with Crippen molar-refractivity contribution in [3.63, 3.8) is 0 Å². The highest BCUT2D eigenvalue weighted by Crippen LogP contribution is 2.36. The van der Waals surface area contributed by atoms with Gasteiger partial charge in [-0.1, -0.05) is 6.07 Å². The number of rotatable bonds is 5. The quantitative estimate of drug-likeness (QED) is 0.510. The molecule has 2 aromatic heterocycles. The first-order chi connectivity index (χ1) is 17.1. The van der Waals surface area contributed by atoms with E-state index in [0.717, 1.165) is 5.56 Å². The third-order valence-corrected chi connectivity index (χ3v) is 6.35. The summed E-state index contributed by atoms with van der Waals surface area (Å²) in [5.41, 5.74) is 1.33. The molecule has 2 fully saturated rings. The lowest BCUT2D eigenvalue weighted by Gasteiger charge is -2.46. The summed E-state index contributed by atoms with van der Waals surface area (Å²) in [4.78, 5) is 24.6. The number of pyridine rings is 1. The van der Waals surface area contributed by atoms with Crippen LogP contribution < -0.4 is 4.74 Å². The summed E-state index contributed by atoms with van der Waals surface area (Å²) < 4.78 is 27.1. The van der Waals surface area contributed by atoms with Crippen LogP contribution in [0.4, 0.5) is 10.1 Å². The number of ether oxygens (including phenoxy) is 2. The fourth-order valence-electron chi connectivity index (χ4n) is 4.47. The summed E-state index contributed by atoms with van der Waals surface area (Å²) in [7, 11) is 1.42. The Kier molecular flexibility index (Phi) is 6.35. The van der Waals surface area contributed by atoms with E-state index >= 15 is 0 Å². The Hall–Kier alpha value is -3.95. The Bertz CT molecular complexity index is 1240. The molecule has 11 nitrogen and oxygen atoms in total. The van der Waals surface area contributed by atoms with Gasteiger partial charge >= 0.3 is 0 Å². The SMILES string of the molecule is [C-]#[N+]c1c(F)cc([C@H]2CN3CCN(C(=O)Cc4ccc(-n5cnnn5)nc4)C[C@H]3CO2)cc1OC. The molecule has 0 N–H and O–H groups in total. The summed E-state index contributed by atoms with van der Waals surface area (Å²) in [6.07, 6.45) is 3.04. The van der Waals surface area contributed by atoms with Crippen LogP contribution in [0, 0.1) is 12.4 Å². The van der Waals surface area contributed by atoms with Crippen LogP contribution in [0.1, 0.15) is 17.2 Å². The Labute approximate surface area is 200 Å². The highest BCUT2D eigenvalue weighted by atomic mass is 19.1. The van der Waals surface area contributed by atoms with Crippen molar-refractivity contribution in [2.75, 3.05) is 39.9 Å². The third-order valence-electron chi connectivity index (χ3n) is 6.35. The van der Waals surface area contributed by atoms with E-state index in [-0.39, 0.29) is 35.9 Å². The lowest BCUT2D eigenvalue weighted by molar-refractivity contribution is -0.139. The standard InChI is InChI=1S/C23H23FN8O3/c1-25-23-18(24)8-16(9-19(23)34-2)20-12-30-5-6-31(11-17(30)13-35-20)22(33)7-15-3-4-21(26-10-15)32-14-27-28-29-32/h3-4,8-10,14,17,20H,5-7,11-13H2,2H3/t17-,20+/m0/s1. The first kappa shape index (κ1) is 22.8. The van der Waals surface area contributed by atoms with Crippen LogP contribution in [0.25, 0.3) is 10.7 Å².